The summed E-state index contributed by atoms with van der Waals surface area (Å²) < 4.78 is 0. The van der Waals surface area contributed by atoms with E-state index in [4.69, 9.17) is 28.2 Å². The maximum atomic E-state index is 9.52. The molecule has 4 aromatic rings. The van der Waals surface area contributed by atoms with Crippen molar-refractivity contribution in [2.45, 2.75) is 0 Å². The third-order valence-electron chi connectivity index (χ3n) is 4.10. The minimum atomic E-state index is 0.219. The molecule has 2 N–H and O–H groups in total. The molecule has 5 heteroatoms. The number of halogens is 2. The second-order valence-corrected chi connectivity index (χ2v) is 6.74. The van der Waals surface area contributed by atoms with Crippen molar-refractivity contribution in [3.63, 3.8) is 0 Å². The van der Waals surface area contributed by atoms with E-state index >= 15 is 0 Å². The van der Waals surface area contributed by atoms with Crippen molar-refractivity contribution in [3.8, 4) is 39.7 Å². The van der Waals surface area contributed by atoms with Crippen molar-refractivity contribution in [1.29, 1.82) is 0 Å². The van der Waals surface area contributed by atoms with Crippen LogP contribution in [0.3, 0.4) is 0 Å². The number of rotatable bonds is 3. The molecule has 1 heterocycles. The highest BCUT2D eigenvalue weighted by molar-refractivity contribution is 6.31. The Morgan fingerprint density at radius 3 is 1.73 bits per heavy atom. The molecule has 0 fully saturated rings. The number of H-pyrrole nitrogens is 1. The number of phenolic OH excluding ortho intramolecular Hbond substituents is 1. The molecule has 3 nitrogen and oxygen atoms in total. The molecule has 0 aliphatic carbocycles. The molecule has 0 saturated heterocycles. The molecule has 26 heavy (non-hydrogen) atoms. The number of imidazole rings is 1. The van der Waals surface area contributed by atoms with Crippen molar-refractivity contribution in [2.24, 2.45) is 0 Å². The number of aromatic amines is 1. The van der Waals surface area contributed by atoms with E-state index in [-0.39, 0.29) is 5.75 Å². The number of nitrogens with zero attached hydrogens (tertiary/aromatic N) is 1. The lowest BCUT2D eigenvalue weighted by Crippen LogP contribution is -1.83. The van der Waals surface area contributed by atoms with E-state index in [1.54, 1.807) is 12.1 Å². The van der Waals surface area contributed by atoms with Crippen LogP contribution in [-0.4, -0.2) is 15.1 Å². The van der Waals surface area contributed by atoms with Gasteiger partial charge >= 0.3 is 0 Å². The van der Waals surface area contributed by atoms with Crippen LogP contribution in [-0.2, 0) is 0 Å². The molecule has 0 unspecified atom stereocenters. The Morgan fingerprint density at radius 1 is 0.654 bits per heavy atom. The summed E-state index contributed by atoms with van der Waals surface area (Å²) in [5.41, 5.74) is 4.55. The summed E-state index contributed by atoms with van der Waals surface area (Å²) >= 11 is 12.0. The number of nitrogens with one attached hydrogen (secondary N) is 1. The van der Waals surface area contributed by atoms with Gasteiger partial charge in [0.25, 0.3) is 0 Å². The van der Waals surface area contributed by atoms with Crippen LogP contribution < -0.4 is 0 Å². The smallest absolute Gasteiger partial charge is 0.138 e. The van der Waals surface area contributed by atoms with Gasteiger partial charge in [0.05, 0.1) is 11.4 Å². The molecule has 0 bridgehead atoms. The highest BCUT2D eigenvalue weighted by Crippen LogP contribution is 2.34. The fourth-order valence-corrected chi connectivity index (χ4v) is 3.02. The first-order valence-corrected chi connectivity index (χ1v) is 8.77. The molecule has 0 amide bonds. The van der Waals surface area contributed by atoms with Crippen LogP contribution in [0.25, 0.3) is 33.9 Å². The van der Waals surface area contributed by atoms with E-state index < -0.39 is 0 Å². The molecule has 4 rings (SSSR count). The van der Waals surface area contributed by atoms with Crippen LogP contribution in [0.5, 0.6) is 5.75 Å². The van der Waals surface area contributed by atoms with Gasteiger partial charge in [-0.1, -0.05) is 47.5 Å². The average molecular weight is 381 g/mol. The number of hydrogen-bond acceptors (Lipinski definition) is 2. The Morgan fingerprint density at radius 2 is 1.15 bits per heavy atom. The van der Waals surface area contributed by atoms with Crippen LogP contribution in [0.4, 0.5) is 0 Å². The van der Waals surface area contributed by atoms with Crippen molar-refractivity contribution in [1.82, 2.24) is 9.97 Å². The molecule has 3 aromatic carbocycles. The zero-order valence-corrected chi connectivity index (χ0v) is 15.1. The van der Waals surface area contributed by atoms with Crippen molar-refractivity contribution >= 4 is 23.2 Å². The van der Waals surface area contributed by atoms with E-state index in [0.717, 1.165) is 33.9 Å². The molecule has 0 atom stereocenters. The molecule has 0 aliphatic rings. The van der Waals surface area contributed by atoms with E-state index in [1.165, 1.54) is 0 Å². The topological polar surface area (TPSA) is 48.9 Å². The predicted molar refractivity (Wildman–Crippen MR) is 107 cm³/mol. The number of phenols is 1. The fraction of sp³-hybridized carbons (Fsp3) is 0. The molecule has 0 saturated carbocycles. The summed E-state index contributed by atoms with van der Waals surface area (Å²) in [7, 11) is 0. The van der Waals surface area contributed by atoms with E-state index in [2.05, 4.69) is 4.98 Å². The molecule has 0 spiro atoms. The van der Waals surface area contributed by atoms with Crippen LogP contribution >= 0.6 is 23.2 Å². The van der Waals surface area contributed by atoms with Gasteiger partial charge in [0.15, 0.2) is 0 Å². The van der Waals surface area contributed by atoms with Gasteiger partial charge < -0.3 is 10.1 Å². The molecule has 1 aromatic heterocycles. The van der Waals surface area contributed by atoms with Gasteiger partial charge in [-0.25, -0.2) is 4.98 Å². The maximum Gasteiger partial charge on any atom is 0.138 e. The summed E-state index contributed by atoms with van der Waals surface area (Å²) in [6.07, 6.45) is 0. The van der Waals surface area contributed by atoms with Gasteiger partial charge in [-0.05, 0) is 48.5 Å². The first-order valence-electron chi connectivity index (χ1n) is 8.01. The quantitative estimate of drug-likeness (QED) is 0.430. The lowest BCUT2D eigenvalue weighted by atomic mass is 10.1. The van der Waals surface area contributed by atoms with Gasteiger partial charge in [-0.2, -0.15) is 0 Å². The van der Waals surface area contributed by atoms with Crippen LogP contribution in [0.15, 0.2) is 72.8 Å². The second-order valence-electron chi connectivity index (χ2n) is 5.87. The van der Waals surface area contributed by atoms with Gasteiger partial charge in [-0.15, -0.1) is 0 Å². The lowest BCUT2D eigenvalue weighted by Gasteiger charge is -2.03. The lowest BCUT2D eigenvalue weighted by molar-refractivity contribution is 0.475. The molecular weight excluding hydrogens is 367 g/mol. The zero-order chi connectivity index (χ0) is 18.1. The number of benzene rings is 3. The van der Waals surface area contributed by atoms with E-state index in [9.17, 15) is 5.11 Å². The number of hydrogen-bond donors (Lipinski definition) is 2. The molecule has 0 aliphatic heterocycles. The summed E-state index contributed by atoms with van der Waals surface area (Å²) in [6.45, 7) is 0. The summed E-state index contributed by atoms with van der Waals surface area (Å²) in [5.74, 6) is 0.941. The normalized spacial score (nSPS) is 10.8. The van der Waals surface area contributed by atoms with Crippen LogP contribution in [0, 0.1) is 0 Å². The van der Waals surface area contributed by atoms with Crippen molar-refractivity contribution < 1.29 is 5.11 Å². The molecule has 0 radical (unpaired) electrons. The predicted octanol–water partition coefficient (Wildman–Crippen LogP) is 6.42. The van der Waals surface area contributed by atoms with Crippen molar-refractivity contribution in [2.75, 3.05) is 0 Å². The summed E-state index contributed by atoms with van der Waals surface area (Å²) in [4.78, 5) is 8.19. The maximum absolute atomic E-state index is 9.52. The fourth-order valence-electron chi connectivity index (χ4n) is 2.77. The average Bonchev–Trinajstić information content (AvgIpc) is 3.09. The third-order valence-corrected chi connectivity index (χ3v) is 4.60. The van der Waals surface area contributed by atoms with E-state index in [1.807, 2.05) is 60.7 Å². The highest BCUT2D eigenvalue weighted by Gasteiger charge is 2.15. The number of aromatic hydroxyl groups is 1. The Kier molecular flexibility index (Phi) is 4.41. The third kappa shape index (κ3) is 3.32. The minimum Gasteiger partial charge on any atom is -0.508 e. The van der Waals surface area contributed by atoms with E-state index in [0.29, 0.717) is 10.0 Å². The number of aromatic nitrogens is 2. The Balaban J connectivity index is 1.88. The van der Waals surface area contributed by atoms with Gasteiger partial charge in [0, 0.05) is 26.7 Å². The van der Waals surface area contributed by atoms with Gasteiger partial charge in [0.2, 0.25) is 0 Å². The zero-order valence-electron chi connectivity index (χ0n) is 13.6. The largest absolute Gasteiger partial charge is 0.508 e. The monoisotopic (exact) mass is 380 g/mol. The standard InChI is InChI=1S/C21H14Cl2N2O/c22-16-7-1-13(2-8-16)19-20(14-3-9-17(23)10-4-14)25-21(24-19)15-5-11-18(26)12-6-15/h1-12,26H,(H,24,25). The van der Waals surface area contributed by atoms with Crippen LogP contribution in [0.1, 0.15) is 0 Å². The SMILES string of the molecule is Oc1ccc(-c2nc(-c3ccc(Cl)cc3)c(-c3ccc(Cl)cc3)[nH]2)cc1. The van der Waals surface area contributed by atoms with Gasteiger partial charge in [-0.3, -0.25) is 0 Å². The van der Waals surface area contributed by atoms with Crippen LogP contribution in [0.2, 0.25) is 10.0 Å². The van der Waals surface area contributed by atoms with Gasteiger partial charge in [0.1, 0.15) is 11.6 Å². The first kappa shape index (κ1) is 16.7. The second kappa shape index (κ2) is 6.87. The summed E-state index contributed by atoms with van der Waals surface area (Å²) in [6, 6.07) is 22.1. The minimum absolute atomic E-state index is 0.219. The Bertz CT molecular complexity index is 974. The molecular formula is C21H14Cl2N2O. The molecule has 128 valence electrons. The van der Waals surface area contributed by atoms with Crippen molar-refractivity contribution in [3.05, 3.63) is 82.8 Å². The Hall–Kier alpha value is -2.75. The summed E-state index contributed by atoms with van der Waals surface area (Å²) in [5, 5.41) is 10.9. The first-order chi connectivity index (χ1) is 12.6. The highest BCUT2D eigenvalue weighted by atomic mass is 35.5. The Labute approximate surface area is 160 Å².